The molecule has 2 aromatic carbocycles. The molecule has 0 spiro atoms. The Hall–Kier alpha value is -2.18. The molecule has 0 bridgehead atoms. The molecule has 1 N–H and O–H groups in total. The quantitative estimate of drug-likeness (QED) is 0.357. The Balaban J connectivity index is 2.20. The summed E-state index contributed by atoms with van der Waals surface area (Å²) >= 11 is 0. The van der Waals surface area contributed by atoms with Crippen molar-refractivity contribution in [3.8, 4) is 11.5 Å². The summed E-state index contributed by atoms with van der Waals surface area (Å²) in [7, 11) is -4.69. The van der Waals surface area contributed by atoms with Gasteiger partial charge in [0.1, 0.15) is 11.5 Å². The zero-order chi connectivity index (χ0) is 27.8. The van der Waals surface area contributed by atoms with Gasteiger partial charge in [0, 0.05) is 26.2 Å². The number of benzene rings is 2. The van der Waals surface area contributed by atoms with Crippen molar-refractivity contribution in [3.63, 3.8) is 0 Å². The van der Waals surface area contributed by atoms with E-state index >= 15 is 0 Å². The average Bonchev–Trinajstić information content (AvgIpc) is 2.85. The second kappa shape index (κ2) is 13.6. The number of aliphatic hydroxyl groups excluding tert-OH is 1. The largest absolute Gasteiger partial charge is 0.497 e. The molecule has 0 fully saturated rings. The molecule has 0 unspecified atom stereocenters. The lowest BCUT2D eigenvalue weighted by Crippen LogP contribution is -2.42. The Kier molecular flexibility index (Phi) is 11.4. The van der Waals surface area contributed by atoms with E-state index in [0.29, 0.717) is 11.5 Å². The van der Waals surface area contributed by atoms with E-state index < -0.39 is 26.2 Å². The Morgan fingerprint density at radius 1 is 0.676 bits per heavy atom. The van der Waals surface area contributed by atoms with Gasteiger partial charge in [0.25, 0.3) is 0 Å². The van der Waals surface area contributed by atoms with Gasteiger partial charge in [0.05, 0.1) is 30.1 Å². The molecule has 0 saturated carbocycles. The molecule has 2 rings (SSSR count). The summed E-state index contributed by atoms with van der Waals surface area (Å²) in [6.45, 7) is 8.00. The first-order valence-corrected chi connectivity index (χ1v) is 15.2. The highest BCUT2D eigenvalue weighted by atomic mass is 32.2. The van der Waals surface area contributed by atoms with Crippen molar-refractivity contribution < 1.29 is 31.4 Å². The monoisotopic (exact) mass is 556 g/mol. The van der Waals surface area contributed by atoms with Gasteiger partial charge in [-0.2, -0.15) is 8.61 Å². The van der Waals surface area contributed by atoms with Gasteiger partial charge in [-0.3, -0.25) is 0 Å². The van der Waals surface area contributed by atoms with Crippen molar-refractivity contribution in [2.75, 3.05) is 40.4 Å². The number of hydrogen-bond acceptors (Lipinski definition) is 7. The van der Waals surface area contributed by atoms with Gasteiger partial charge in [0.15, 0.2) is 0 Å². The first kappa shape index (κ1) is 31.0. The van der Waals surface area contributed by atoms with Crippen molar-refractivity contribution in [3.05, 3.63) is 48.5 Å². The van der Waals surface area contributed by atoms with Crippen LogP contribution in [0.2, 0.25) is 0 Å². The molecule has 0 aliphatic heterocycles. The maximum absolute atomic E-state index is 13.3. The van der Waals surface area contributed by atoms with Crippen LogP contribution < -0.4 is 9.47 Å². The van der Waals surface area contributed by atoms with Crippen LogP contribution in [0.1, 0.15) is 34.1 Å². The third-order valence-electron chi connectivity index (χ3n) is 5.66. The lowest BCUT2D eigenvalue weighted by Gasteiger charge is -2.28. The van der Waals surface area contributed by atoms with Gasteiger partial charge in [-0.25, -0.2) is 16.8 Å². The zero-order valence-electron chi connectivity index (χ0n) is 22.5. The van der Waals surface area contributed by atoms with Crippen LogP contribution in [0.4, 0.5) is 0 Å². The van der Waals surface area contributed by atoms with Crippen LogP contribution >= 0.6 is 0 Å². The molecule has 9 nitrogen and oxygen atoms in total. The highest BCUT2D eigenvalue weighted by Gasteiger charge is 2.30. The second-order valence-electron chi connectivity index (χ2n) is 9.77. The maximum atomic E-state index is 13.3. The Bertz CT molecular complexity index is 1180. The predicted octanol–water partition coefficient (Wildman–Crippen LogP) is 3.45. The Labute approximate surface area is 222 Å². The molecule has 0 aliphatic rings. The minimum absolute atomic E-state index is 0.0214. The van der Waals surface area contributed by atoms with Gasteiger partial charge in [-0.1, -0.05) is 27.7 Å². The Morgan fingerprint density at radius 3 is 1.43 bits per heavy atom. The first-order chi connectivity index (χ1) is 17.3. The van der Waals surface area contributed by atoms with Gasteiger partial charge in [0.2, 0.25) is 20.0 Å². The third-order valence-corrected chi connectivity index (χ3v) is 9.38. The molecule has 208 valence electrons. The number of aliphatic hydroxyl groups is 1. The lowest BCUT2D eigenvalue weighted by atomic mass is 10.2. The van der Waals surface area contributed by atoms with E-state index in [1.54, 1.807) is 24.3 Å². The van der Waals surface area contributed by atoms with Crippen LogP contribution in [-0.4, -0.2) is 77.1 Å². The highest BCUT2D eigenvalue weighted by Crippen LogP contribution is 2.23. The predicted molar refractivity (Wildman–Crippen MR) is 144 cm³/mol. The zero-order valence-corrected chi connectivity index (χ0v) is 24.1. The van der Waals surface area contributed by atoms with E-state index in [1.165, 1.54) is 47.1 Å². The lowest BCUT2D eigenvalue weighted by molar-refractivity contribution is 0.125. The summed E-state index contributed by atoms with van der Waals surface area (Å²) in [5.74, 6) is 1.16. The topological polar surface area (TPSA) is 113 Å². The van der Waals surface area contributed by atoms with Crippen molar-refractivity contribution >= 4 is 20.0 Å². The molecular weight excluding hydrogens is 516 g/mol. The molecule has 1 atom stereocenters. The standard InChI is InChI=1S/C26H40N2O7S2/c1-20(2)17-27(36(30,31)25-11-7-23(34-5)8-12-25)16-15-22(29)19-28(18-21(3)4)37(32,33)26-13-9-24(35-6)10-14-26/h7-14,20-22,29H,15-19H2,1-6H3/t22-/m1/s1. The number of hydrogen-bond donors (Lipinski definition) is 1. The molecule has 2 aromatic rings. The third kappa shape index (κ3) is 8.68. The smallest absolute Gasteiger partial charge is 0.243 e. The molecule has 0 aromatic heterocycles. The number of ether oxygens (including phenoxy) is 2. The fourth-order valence-corrected chi connectivity index (χ4v) is 7.07. The SMILES string of the molecule is COc1ccc(S(=O)(=O)N(CC[C@@H](O)CN(CC(C)C)S(=O)(=O)c2ccc(OC)cc2)CC(C)C)cc1. The molecule has 11 heteroatoms. The normalized spacial score (nSPS) is 13.5. The summed E-state index contributed by atoms with van der Waals surface area (Å²) in [5, 5.41) is 10.8. The van der Waals surface area contributed by atoms with Crippen molar-refractivity contribution in [1.29, 1.82) is 0 Å². The van der Waals surface area contributed by atoms with Crippen molar-refractivity contribution in [2.45, 2.75) is 50.0 Å². The van der Waals surface area contributed by atoms with E-state index in [2.05, 4.69) is 0 Å². The number of rotatable bonds is 15. The van der Waals surface area contributed by atoms with Crippen molar-refractivity contribution in [1.82, 2.24) is 8.61 Å². The van der Waals surface area contributed by atoms with Gasteiger partial charge in [-0.05, 0) is 66.8 Å². The van der Waals surface area contributed by atoms with E-state index in [1.807, 2.05) is 27.7 Å². The first-order valence-electron chi connectivity index (χ1n) is 12.3. The fraction of sp³-hybridized carbons (Fsp3) is 0.538. The van der Waals surface area contributed by atoms with Gasteiger partial charge in [-0.15, -0.1) is 0 Å². The van der Waals surface area contributed by atoms with E-state index in [-0.39, 0.29) is 54.2 Å². The average molecular weight is 557 g/mol. The van der Waals surface area contributed by atoms with Crippen molar-refractivity contribution in [2.24, 2.45) is 11.8 Å². The summed E-state index contributed by atoms with van der Waals surface area (Å²) in [6, 6.07) is 12.2. The van der Waals surface area contributed by atoms with E-state index in [0.717, 1.165) is 0 Å². The minimum atomic E-state index is -3.88. The summed E-state index contributed by atoms with van der Waals surface area (Å²) < 4.78 is 66.2. The molecule has 37 heavy (non-hydrogen) atoms. The van der Waals surface area contributed by atoms with Gasteiger partial charge < -0.3 is 14.6 Å². The summed E-state index contributed by atoms with van der Waals surface area (Å²) in [6.07, 6.45) is -0.984. The number of nitrogens with zero attached hydrogens (tertiary/aromatic N) is 2. The van der Waals surface area contributed by atoms with Crippen LogP contribution in [-0.2, 0) is 20.0 Å². The number of methoxy groups -OCH3 is 2. The molecule has 0 aliphatic carbocycles. The summed E-state index contributed by atoms with van der Waals surface area (Å²) in [4.78, 5) is 0.233. The van der Waals surface area contributed by atoms with Crippen LogP contribution in [0, 0.1) is 11.8 Å². The molecular formula is C26H40N2O7S2. The fourth-order valence-electron chi connectivity index (χ4n) is 3.81. The Morgan fingerprint density at radius 2 is 1.05 bits per heavy atom. The minimum Gasteiger partial charge on any atom is -0.497 e. The number of sulfonamides is 2. The van der Waals surface area contributed by atoms with Gasteiger partial charge >= 0.3 is 0 Å². The highest BCUT2D eigenvalue weighted by molar-refractivity contribution is 7.89. The van der Waals surface area contributed by atoms with Crippen LogP contribution in [0.15, 0.2) is 58.3 Å². The second-order valence-corrected chi connectivity index (χ2v) is 13.6. The van der Waals surface area contributed by atoms with E-state index in [4.69, 9.17) is 9.47 Å². The van der Waals surface area contributed by atoms with Crippen LogP contribution in [0.25, 0.3) is 0 Å². The van der Waals surface area contributed by atoms with Crippen LogP contribution in [0.5, 0.6) is 11.5 Å². The molecule has 0 heterocycles. The maximum Gasteiger partial charge on any atom is 0.243 e. The molecule has 0 saturated heterocycles. The van der Waals surface area contributed by atoms with E-state index in [9.17, 15) is 21.9 Å². The molecule has 0 amide bonds. The summed E-state index contributed by atoms with van der Waals surface area (Å²) in [5.41, 5.74) is 0. The van der Waals surface area contributed by atoms with Crippen LogP contribution in [0.3, 0.4) is 0 Å². The molecule has 0 radical (unpaired) electrons.